The van der Waals surface area contributed by atoms with E-state index in [0.717, 1.165) is 55.2 Å². The highest BCUT2D eigenvalue weighted by Gasteiger charge is 2.34. The highest BCUT2D eigenvalue weighted by molar-refractivity contribution is 5.91. The second-order valence-corrected chi connectivity index (χ2v) is 7.29. The molecule has 4 rings (SSSR count). The van der Waals surface area contributed by atoms with Gasteiger partial charge >= 0.3 is 0 Å². The molecule has 1 aromatic carbocycles. The van der Waals surface area contributed by atoms with Crippen LogP contribution in [-0.2, 0) is 16.0 Å². The molecule has 0 radical (unpaired) electrons. The fraction of sp³-hybridized carbons (Fsp3) is 0.500. The van der Waals surface area contributed by atoms with Crippen LogP contribution in [0.4, 0.5) is 0 Å². The molecule has 2 fully saturated rings. The monoisotopic (exact) mass is 339 g/mol. The van der Waals surface area contributed by atoms with Crippen molar-refractivity contribution in [1.82, 2.24) is 15.2 Å². The van der Waals surface area contributed by atoms with Crippen LogP contribution in [0.5, 0.6) is 0 Å². The predicted octanol–water partition coefficient (Wildman–Crippen LogP) is 2.62. The number of aromatic nitrogens is 1. The average molecular weight is 339 g/mol. The van der Waals surface area contributed by atoms with Crippen LogP contribution in [0, 0.1) is 5.92 Å². The van der Waals surface area contributed by atoms with E-state index >= 15 is 0 Å². The van der Waals surface area contributed by atoms with E-state index in [2.05, 4.69) is 16.4 Å². The lowest BCUT2D eigenvalue weighted by Crippen LogP contribution is -2.51. The molecule has 0 unspecified atom stereocenters. The van der Waals surface area contributed by atoms with Crippen molar-refractivity contribution in [2.45, 2.75) is 44.6 Å². The first-order valence-corrected chi connectivity index (χ1v) is 9.36. The molecule has 2 N–H and O–H groups in total. The summed E-state index contributed by atoms with van der Waals surface area (Å²) in [7, 11) is 0. The smallest absolute Gasteiger partial charge is 0.245 e. The summed E-state index contributed by atoms with van der Waals surface area (Å²) in [6, 6.07) is 7.62. The number of amides is 2. The molecule has 1 atom stereocenters. The molecular weight excluding hydrogens is 314 g/mol. The van der Waals surface area contributed by atoms with Gasteiger partial charge in [0.15, 0.2) is 0 Å². The summed E-state index contributed by atoms with van der Waals surface area (Å²) in [5.41, 5.74) is 2.15. The number of rotatable bonds is 5. The van der Waals surface area contributed by atoms with Gasteiger partial charge in [0.25, 0.3) is 0 Å². The number of hydrogen-bond donors (Lipinski definition) is 2. The quantitative estimate of drug-likeness (QED) is 0.879. The van der Waals surface area contributed by atoms with Gasteiger partial charge in [-0.1, -0.05) is 18.2 Å². The fourth-order valence-electron chi connectivity index (χ4n) is 3.69. The zero-order valence-electron chi connectivity index (χ0n) is 14.5. The van der Waals surface area contributed by atoms with Crippen LogP contribution in [0.2, 0.25) is 0 Å². The second kappa shape index (κ2) is 6.90. The molecular formula is C20H25N3O2. The number of carbonyl (C=O) groups is 2. The third-order valence-corrected chi connectivity index (χ3v) is 5.33. The molecule has 0 bridgehead atoms. The molecule has 25 heavy (non-hydrogen) atoms. The van der Waals surface area contributed by atoms with Crippen LogP contribution in [0.1, 0.15) is 37.7 Å². The average Bonchev–Trinajstić information content (AvgIpc) is 3.43. The largest absolute Gasteiger partial charge is 0.361 e. The Kier molecular flexibility index (Phi) is 4.47. The number of nitrogens with zero attached hydrogens (tertiary/aromatic N) is 1. The van der Waals surface area contributed by atoms with Crippen molar-refractivity contribution < 1.29 is 9.59 Å². The van der Waals surface area contributed by atoms with E-state index in [-0.39, 0.29) is 17.7 Å². The number of nitrogens with one attached hydrogen (secondary N) is 2. The van der Waals surface area contributed by atoms with E-state index in [1.54, 1.807) is 0 Å². The molecule has 1 saturated carbocycles. The van der Waals surface area contributed by atoms with E-state index in [1.165, 1.54) is 6.42 Å². The molecule has 1 saturated heterocycles. The van der Waals surface area contributed by atoms with Gasteiger partial charge in [-0.25, -0.2) is 0 Å². The Hall–Kier alpha value is -2.30. The Morgan fingerprint density at radius 1 is 1.16 bits per heavy atom. The van der Waals surface area contributed by atoms with Gasteiger partial charge in [-0.2, -0.15) is 0 Å². The van der Waals surface area contributed by atoms with Crippen molar-refractivity contribution in [3.8, 4) is 0 Å². The Bertz CT molecular complexity index is 772. The Morgan fingerprint density at radius 2 is 1.92 bits per heavy atom. The second-order valence-electron chi connectivity index (χ2n) is 7.29. The van der Waals surface area contributed by atoms with E-state index < -0.39 is 6.04 Å². The lowest BCUT2D eigenvalue weighted by atomic mass is 10.0. The summed E-state index contributed by atoms with van der Waals surface area (Å²) in [5.74, 6) is 0.216. The fourth-order valence-corrected chi connectivity index (χ4v) is 3.69. The first-order chi connectivity index (χ1) is 12.2. The molecule has 1 aliphatic heterocycles. The molecule has 5 heteroatoms. The van der Waals surface area contributed by atoms with Gasteiger partial charge in [0.2, 0.25) is 11.8 Å². The van der Waals surface area contributed by atoms with Gasteiger partial charge in [0.1, 0.15) is 6.04 Å². The van der Waals surface area contributed by atoms with Crippen LogP contribution in [0.3, 0.4) is 0 Å². The van der Waals surface area contributed by atoms with Crippen molar-refractivity contribution in [3.63, 3.8) is 0 Å². The summed E-state index contributed by atoms with van der Waals surface area (Å²) in [5, 5.41) is 4.16. The van der Waals surface area contributed by atoms with Crippen molar-refractivity contribution in [3.05, 3.63) is 36.0 Å². The first kappa shape index (κ1) is 16.2. The molecule has 0 spiro atoms. The molecule has 2 aliphatic rings. The number of para-hydroxylation sites is 1. The minimum atomic E-state index is -0.467. The van der Waals surface area contributed by atoms with Crippen LogP contribution in [-0.4, -0.2) is 40.8 Å². The summed E-state index contributed by atoms with van der Waals surface area (Å²) in [6.45, 7) is 1.62. The third-order valence-electron chi connectivity index (χ3n) is 5.33. The maximum absolute atomic E-state index is 13.0. The summed E-state index contributed by atoms with van der Waals surface area (Å²) in [6.07, 6.45) is 7.70. The SMILES string of the molecule is O=C(N[C@H](Cc1c[nH]c2ccccc12)C(=O)N1CCCCC1)C1CC1. The number of carbonyl (C=O) groups excluding carboxylic acids is 2. The molecule has 2 amide bonds. The number of aromatic amines is 1. The van der Waals surface area contributed by atoms with Gasteiger partial charge in [-0.15, -0.1) is 0 Å². The maximum atomic E-state index is 13.0. The third kappa shape index (κ3) is 3.55. The van der Waals surface area contributed by atoms with Crippen LogP contribution >= 0.6 is 0 Å². The first-order valence-electron chi connectivity index (χ1n) is 9.36. The molecule has 1 aromatic heterocycles. The highest BCUT2D eigenvalue weighted by atomic mass is 16.2. The molecule has 1 aliphatic carbocycles. The van der Waals surface area contributed by atoms with Crippen LogP contribution in [0.25, 0.3) is 10.9 Å². The van der Waals surface area contributed by atoms with E-state index in [9.17, 15) is 9.59 Å². The van der Waals surface area contributed by atoms with Crippen molar-refractivity contribution >= 4 is 22.7 Å². The number of piperidine rings is 1. The van der Waals surface area contributed by atoms with E-state index in [1.807, 2.05) is 29.3 Å². The minimum absolute atomic E-state index is 0.0372. The number of fused-ring (bicyclic) bond motifs is 1. The zero-order chi connectivity index (χ0) is 17.2. The van der Waals surface area contributed by atoms with Crippen molar-refractivity contribution in [1.29, 1.82) is 0 Å². The highest BCUT2D eigenvalue weighted by Crippen LogP contribution is 2.29. The van der Waals surface area contributed by atoms with Crippen LogP contribution in [0.15, 0.2) is 30.5 Å². The summed E-state index contributed by atoms with van der Waals surface area (Å²) < 4.78 is 0. The molecule has 5 nitrogen and oxygen atoms in total. The number of H-pyrrole nitrogens is 1. The van der Waals surface area contributed by atoms with Crippen LogP contribution < -0.4 is 5.32 Å². The number of likely N-dealkylation sites (tertiary alicyclic amines) is 1. The number of benzene rings is 1. The lowest BCUT2D eigenvalue weighted by molar-refractivity contribution is -0.137. The molecule has 2 heterocycles. The summed E-state index contributed by atoms with van der Waals surface area (Å²) in [4.78, 5) is 30.5. The van der Waals surface area contributed by atoms with Gasteiger partial charge in [0.05, 0.1) is 0 Å². The topological polar surface area (TPSA) is 65.2 Å². The van der Waals surface area contributed by atoms with Gasteiger partial charge in [0, 0.05) is 42.5 Å². The summed E-state index contributed by atoms with van der Waals surface area (Å²) >= 11 is 0. The predicted molar refractivity (Wildman–Crippen MR) is 97.1 cm³/mol. The molecule has 2 aromatic rings. The lowest BCUT2D eigenvalue weighted by Gasteiger charge is -2.30. The minimum Gasteiger partial charge on any atom is -0.361 e. The Labute approximate surface area is 147 Å². The van der Waals surface area contributed by atoms with Crippen molar-refractivity contribution in [2.75, 3.05) is 13.1 Å². The van der Waals surface area contributed by atoms with E-state index in [0.29, 0.717) is 6.42 Å². The Morgan fingerprint density at radius 3 is 2.68 bits per heavy atom. The Balaban J connectivity index is 1.55. The zero-order valence-corrected chi connectivity index (χ0v) is 14.5. The van der Waals surface area contributed by atoms with Crippen molar-refractivity contribution in [2.24, 2.45) is 5.92 Å². The molecule has 132 valence electrons. The van der Waals surface area contributed by atoms with Gasteiger partial charge < -0.3 is 15.2 Å². The normalized spacial score (nSPS) is 19.0. The van der Waals surface area contributed by atoms with Gasteiger partial charge in [-0.3, -0.25) is 9.59 Å². The number of hydrogen-bond acceptors (Lipinski definition) is 2. The maximum Gasteiger partial charge on any atom is 0.245 e. The standard InChI is InChI=1S/C20H25N3O2/c24-19(14-8-9-14)22-18(20(25)23-10-4-1-5-11-23)12-15-13-21-17-7-3-2-6-16(15)17/h2-3,6-7,13-14,18,21H,1,4-5,8-12H2,(H,22,24)/t18-/m1/s1. The van der Waals surface area contributed by atoms with Gasteiger partial charge in [-0.05, 0) is 43.7 Å². The van der Waals surface area contributed by atoms with E-state index in [4.69, 9.17) is 0 Å².